The topological polar surface area (TPSA) is 64.6 Å². The van der Waals surface area contributed by atoms with Crippen molar-refractivity contribution in [2.75, 3.05) is 13.7 Å². The van der Waals surface area contributed by atoms with Gasteiger partial charge in [-0.25, -0.2) is 0 Å². The molecule has 0 aliphatic heterocycles. The van der Waals surface area contributed by atoms with Crippen LogP contribution in [0.5, 0.6) is 0 Å². The van der Waals surface area contributed by atoms with Crippen molar-refractivity contribution in [2.24, 2.45) is 0 Å². The van der Waals surface area contributed by atoms with Crippen LogP contribution in [0, 0.1) is 0 Å². The Hall–Kier alpha value is -2.87. The fourth-order valence-corrected chi connectivity index (χ4v) is 2.47. The molecule has 1 atom stereocenters. The first-order valence-corrected chi connectivity index (χ1v) is 8.44. The molecular weight excluding hydrogens is 375 g/mol. The third-order valence-corrected chi connectivity index (χ3v) is 3.86. The van der Waals surface area contributed by atoms with Gasteiger partial charge in [-0.2, -0.15) is 13.2 Å². The second-order valence-corrected chi connectivity index (χ2v) is 6.02. The van der Waals surface area contributed by atoms with Crippen molar-refractivity contribution < 1.29 is 32.2 Å². The lowest BCUT2D eigenvalue weighted by Crippen LogP contribution is -2.30. The van der Waals surface area contributed by atoms with Gasteiger partial charge in [-0.05, 0) is 23.3 Å². The minimum atomic E-state index is -4.38. The third-order valence-electron chi connectivity index (χ3n) is 3.86. The van der Waals surface area contributed by atoms with Crippen LogP contribution < -0.4 is 5.32 Å². The monoisotopic (exact) mass is 395 g/mol. The van der Waals surface area contributed by atoms with Gasteiger partial charge in [0.1, 0.15) is 6.61 Å². The molecule has 5 nitrogen and oxygen atoms in total. The molecule has 0 saturated carbocycles. The van der Waals surface area contributed by atoms with Crippen LogP contribution in [0.1, 0.15) is 33.9 Å². The van der Waals surface area contributed by atoms with Crippen LogP contribution >= 0.6 is 0 Å². The number of hydrogen-bond acceptors (Lipinski definition) is 4. The number of hydrogen-bond donors (Lipinski definition) is 1. The van der Waals surface area contributed by atoms with E-state index in [-0.39, 0.29) is 13.0 Å². The smallest absolute Gasteiger partial charge is 0.411 e. The number of methoxy groups -OCH3 is 1. The Morgan fingerprint density at radius 3 is 2.25 bits per heavy atom. The maximum atomic E-state index is 12.5. The fourth-order valence-electron chi connectivity index (χ4n) is 2.47. The molecule has 2 rings (SSSR count). The van der Waals surface area contributed by atoms with E-state index >= 15 is 0 Å². The van der Waals surface area contributed by atoms with Crippen molar-refractivity contribution in [3.05, 3.63) is 71.3 Å². The van der Waals surface area contributed by atoms with Crippen molar-refractivity contribution in [3.8, 4) is 0 Å². The maximum absolute atomic E-state index is 12.5. The minimum Gasteiger partial charge on any atom is -0.469 e. The fraction of sp³-hybridized carbons (Fsp3) is 0.300. The molecule has 0 heterocycles. The zero-order valence-electron chi connectivity index (χ0n) is 15.2. The van der Waals surface area contributed by atoms with Crippen LogP contribution in [0.2, 0.25) is 0 Å². The number of amides is 1. The summed E-state index contributed by atoms with van der Waals surface area (Å²) < 4.78 is 45.6. The molecule has 1 unspecified atom stereocenters. The van der Waals surface area contributed by atoms with Gasteiger partial charge in [0.25, 0.3) is 5.91 Å². The molecule has 1 amide bonds. The number of esters is 1. The van der Waals surface area contributed by atoms with Crippen LogP contribution in [0.3, 0.4) is 0 Å². The lowest BCUT2D eigenvalue weighted by atomic mass is 10.0. The molecule has 0 aliphatic carbocycles. The van der Waals surface area contributed by atoms with Crippen molar-refractivity contribution in [1.29, 1.82) is 0 Å². The van der Waals surface area contributed by atoms with Gasteiger partial charge in [-0.1, -0.05) is 42.5 Å². The van der Waals surface area contributed by atoms with Crippen LogP contribution in [-0.4, -0.2) is 31.8 Å². The predicted octanol–water partition coefficient (Wildman–Crippen LogP) is 3.80. The summed E-state index contributed by atoms with van der Waals surface area (Å²) in [6, 6.07) is 14.4. The number of carbonyl (C=O) groups is 2. The van der Waals surface area contributed by atoms with E-state index in [1.165, 1.54) is 31.4 Å². The summed E-state index contributed by atoms with van der Waals surface area (Å²) >= 11 is 0. The van der Waals surface area contributed by atoms with Crippen molar-refractivity contribution in [3.63, 3.8) is 0 Å². The van der Waals surface area contributed by atoms with E-state index in [9.17, 15) is 22.8 Å². The van der Waals surface area contributed by atoms with Crippen molar-refractivity contribution in [2.45, 2.75) is 25.2 Å². The average molecular weight is 395 g/mol. The SMILES string of the molecule is COC(=O)CC(NC(=O)c1ccc(COCC(F)(F)F)cc1)c1ccccc1. The average Bonchev–Trinajstić information content (AvgIpc) is 2.67. The van der Waals surface area contributed by atoms with Crippen molar-refractivity contribution in [1.82, 2.24) is 5.32 Å². The molecule has 0 fully saturated rings. The molecule has 0 bridgehead atoms. The van der Waals surface area contributed by atoms with Gasteiger partial charge in [0.2, 0.25) is 0 Å². The lowest BCUT2D eigenvalue weighted by Gasteiger charge is -2.18. The minimum absolute atomic E-state index is 0.0321. The Bertz CT molecular complexity index is 776. The van der Waals surface area contributed by atoms with Gasteiger partial charge in [0.05, 0.1) is 26.2 Å². The molecule has 1 N–H and O–H groups in total. The summed E-state index contributed by atoms with van der Waals surface area (Å²) in [7, 11) is 1.27. The highest BCUT2D eigenvalue weighted by Crippen LogP contribution is 2.19. The van der Waals surface area contributed by atoms with E-state index in [1.807, 2.05) is 6.07 Å². The highest BCUT2D eigenvalue weighted by molar-refractivity contribution is 5.94. The Balaban J connectivity index is 2.01. The van der Waals surface area contributed by atoms with Crippen molar-refractivity contribution >= 4 is 11.9 Å². The first kappa shape index (κ1) is 21.4. The highest BCUT2D eigenvalue weighted by atomic mass is 19.4. The summed E-state index contributed by atoms with van der Waals surface area (Å²) in [5.41, 5.74) is 1.57. The Kier molecular flexibility index (Phi) is 7.57. The highest BCUT2D eigenvalue weighted by Gasteiger charge is 2.27. The molecule has 0 radical (unpaired) electrons. The van der Waals surface area contributed by atoms with Gasteiger partial charge in [0.15, 0.2) is 0 Å². The second-order valence-electron chi connectivity index (χ2n) is 6.02. The number of alkyl halides is 3. The Morgan fingerprint density at radius 2 is 1.68 bits per heavy atom. The number of ether oxygens (including phenoxy) is 2. The first-order chi connectivity index (χ1) is 13.3. The van der Waals surface area contributed by atoms with Gasteiger partial charge >= 0.3 is 12.1 Å². The number of carbonyl (C=O) groups excluding carboxylic acids is 2. The molecule has 0 aromatic heterocycles. The van der Waals surface area contributed by atoms with E-state index < -0.39 is 30.7 Å². The molecular formula is C20H20F3NO4. The molecule has 150 valence electrons. The molecule has 2 aromatic carbocycles. The van der Waals surface area contributed by atoms with Gasteiger partial charge < -0.3 is 14.8 Å². The summed E-state index contributed by atoms with van der Waals surface area (Å²) in [6.45, 7) is -1.54. The first-order valence-electron chi connectivity index (χ1n) is 8.44. The van der Waals surface area contributed by atoms with Crippen LogP contribution in [0.25, 0.3) is 0 Å². The predicted molar refractivity (Wildman–Crippen MR) is 95.4 cm³/mol. The molecule has 8 heteroatoms. The molecule has 0 spiro atoms. The number of halogens is 3. The Morgan fingerprint density at radius 1 is 1.04 bits per heavy atom. The molecule has 28 heavy (non-hydrogen) atoms. The number of nitrogens with one attached hydrogen (secondary N) is 1. The lowest BCUT2D eigenvalue weighted by molar-refractivity contribution is -0.176. The molecule has 2 aromatic rings. The zero-order chi connectivity index (χ0) is 20.6. The quantitative estimate of drug-likeness (QED) is 0.691. The van der Waals surface area contributed by atoms with Crippen LogP contribution in [-0.2, 0) is 20.9 Å². The molecule has 0 aliphatic rings. The normalized spacial score (nSPS) is 12.3. The largest absolute Gasteiger partial charge is 0.469 e. The summed E-state index contributed by atoms with van der Waals surface area (Å²) in [6.07, 6.45) is -4.42. The van der Waals surface area contributed by atoms with E-state index in [2.05, 4.69) is 14.8 Å². The standard InChI is InChI=1S/C20H20F3NO4/c1-27-18(25)11-17(15-5-3-2-4-6-15)24-19(26)16-9-7-14(8-10-16)12-28-13-20(21,22)23/h2-10,17H,11-13H2,1H3,(H,24,26). The summed E-state index contributed by atoms with van der Waals surface area (Å²) in [4.78, 5) is 24.2. The van der Waals surface area contributed by atoms with E-state index in [0.717, 1.165) is 5.56 Å². The van der Waals surface area contributed by atoms with Gasteiger partial charge in [-0.15, -0.1) is 0 Å². The van der Waals surface area contributed by atoms with E-state index in [4.69, 9.17) is 0 Å². The van der Waals surface area contributed by atoms with Crippen LogP contribution in [0.15, 0.2) is 54.6 Å². The Labute approximate surface area is 160 Å². The van der Waals surface area contributed by atoms with E-state index in [1.54, 1.807) is 24.3 Å². The van der Waals surface area contributed by atoms with Gasteiger partial charge in [-0.3, -0.25) is 9.59 Å². The van der Waals surface area contributed by atoms with Crippen LogP contribution in [0.4, 0.5) is 13.2 Å². The van der Waals surface area contributed by atoms with Gasteiger partial charge in [0, 0.05) is 5.56 Å². The summed E-state index contributed by atoms with van der Waals surface area (Å²) in [5.74, 6) is -0.883. The zero-order valence-corrected chi connectivity index (χ0v) is 15.2. The summed E-state index contributed by atoms with van der Waals surface area (Å²) in [5, 5.41) is 2.78. The molecule has 0 saturated heterocycles. The third kappa shape index (κ3) is 7.03. The van der Waals surface area contributed by atoms with E-state index in [0.29, 0.717) is 11.1 Å². The number of rotatable bonds is 8. The number of benzene rings is 2. The maximum Gasteiger partial charge on any atom is 0.411 e. The second kappa shape index (κ2) is 9.89.